The largest absolute Gasteiger partial charge is 0.456 e. The Morgan fingerprint density at radius 3 is 2.73 bits per heavy atom. The van der Waals surface area contributed by atoms with Crippen LogP contribution in [0.3, 0.4) is 0 Å². The van der Waals surface area contributed by atoms with Crippen LogP contribution >= 0.6 is 11.6 Å². The Morgan fingerprint density at radius 2 is 1.96 bits per heavy atom. The number of carbonyl (C=O) groups excluding carboxylic acids is 1. The topological polar surface area (TPSA) is 77.2 Å². The smallest absolute Gasteiger partial charge is 0.255 e. The van der Waals surface area contributed by atoms with Crippen molar-refractivity contribution in [3.05, 3.63) is 82.8 Å². The number of nitrogens with zero attached hydrogens (tertiary/aromatic N) is 1. The molecule has 0 saturated heterocycles. The highest BCUT2D eigenvalue weighted by atomic mass is 35.5. The molecule has 1 amide bonds. The van der Waals surface area contributed by atoms with Gasteiger partial charge in [0.1, 0.15) is 17.3 Å². The summed E-state index contributed by atoms with van der Waals surface area (Å²) >= 11 is 6.08. The SMILES string of the molecule is Nc1nc(F)ccc1C(=O)NCc1cccc(Oc2ccccc2Cl)c1. The van der Waals surface area contributed by atoms with Crippen LogP contribution in [0.1, 0.15) is 15.9 Å². The predicted molar refractivity (Wildman–Crippen MR) is 97.7 cm³/mol. The molecule has 7 heteroatoms. The number of benzene rings is 2. The number of aromatic nitrogens is 1. The van der Waals surface area contributed by atoms with E-state index in [9.17, 15) is 9.18 Å². The number of hydrogen-bond acceptors (Lipinski definition) is 4. The van der Waals surface area contributed by atoms with Crippen molar-refractivity contribution in [3.63, 3.8) is 0 Å². The zero-order valence-electron chi connectivity index (χ0n) is 13.6. The predicted octanol–water partition coefficient (Wildman–Crippen LogP) is 4.18. The Bertz CT molecular complexity index is 950. The summed E-state index contributed by atoms with van der Waals surface area (Å²) in [6.07, 6.45) is 0. The average Bonchev–Trinajstić information content (AvgIpc) is 2.62. The molecule has 3 aromatic rings. The Morgan fingerprint density at radius 1 is 1.15 bits per heavy atom. The standard InChI is InChI=1S/C19H15ClFN3O2/c20-15-6-1-2-7-16(15)26-13-5-3-4-12(10-13)11-23-19(25)14-8-9-17(21)24-18(14)22/h1-10H,11H2,(H2,22,24)(H,23,25). The molecule has 3 N–H and O–H groups in total. The minimum Gasteiger partial charge on any atom is -0.456 e. The number of para-hydroxylation sites is 1. The van der Waals surface area contributed by atoms with E-state index in [4.69, 9.17) is 22.1 Å². The van der Waals surface area contributed by atoms with Gasteiger partial charge in [-0.25, -0.2) is 4.98 Å². The van der Waals surface area contributed by atoms with E-state index in [1.54, 1.807) is 24.3 Å². The summed E-state index contributed by atoms with van der Waals surface area (Å²) in [6, 6.07) is 16.7. The molecule has 0 aliphatic rings. The summed E-state index contributed by atoms with van der Waals surface area (Å²) in [5.41, 5.74) is 6.51. The highest BCUT2D eigenvalue weighted by Crippen LogP contribution is 2.29. The maximum atomic E-state index is 13.0. The summed E-state index contributed by atoms with van der Waals surface area (Å²) in [7, 11) is 0. The fourth-order valence-electron chi connectivity index (χ4n) is 2.29. The highest BCUT2D eigenvalue weighted by molar-refractivity contribution is 6.32. The van der Waals surface area contributed by atoms with Crippen LogP contribution in [-0.2, 0) is 6.54 Å². The van der Waals surface area contributed by atoms with E-state index in [2.05, 4.69) is 10.3 Å². The van der Waals surface area contributed by atoms with E-state index in [1.165, 1.54) is 6.07 Å². The van der Waals surface area contributed by atoms with Crippen molar-refractivity contribution >= 4 is 23.3 Å². The number of ether oxygens (including phenoxy) is 1. The molecule has 26 heavy (non-hydrogen) atoms. The van der Waals surface area contributed by atoms with Crippen molar-refractivity contribution in [1.29, 1.82) is 0 Å². The average molecular weight is 372 g/mol. The molecule has 1 heterocycles. The number of halogens is 2. The van der Waals surface area contributed by atoms with Crippen LogP contribution in [0, 0.1) is 5.95 Å². The molecular weight excluding hydrogens is 357 g/mol. The minimum atomic E-state index is -0.733. The molecule has 1 aromatic heterocycles. The third-order valence-corrected chi connectivity index (χ3v) is 3.86. The molecule has 0 bridgehead atoms. The first-order valence-corrected chi connectivity index (χ1v) is 8.12. The number of carbonyl (C=O) groups is 1. The van der Waals surface area contributed by atoms with Gasteiger partial charge >= 0.3 is 0 Å². The van der Waals surface area contributed by atoms with Gasteiger partial charge in [-0.2, -0.15) is 4.39 Å². The van der Waals surface area contributed by atoms with Gasteiger partial charge in [-0.1, -0.05) is 35.9 Å². The lowest BCUT2D eigenvalue weighted by molar-refractivity contribution is 0.0951. The van der Waals surface area contributed by atoms with Crippen molar-refractivity contribution in [2.24, 2.45) is 0 Å². The molecule has 0 fully saturated rings. The Hall–Kier alpha value is -3.12. The van der Waals surface area contributed by atoms with Gasteiger partial charge in [-0.05, 0) is 42.0 Å². The number of rotatable bonds is 5. The zero-order valence-corrected chi connectivity index (χ0v) is 14.3. The van der Waals surface area contributed by atoms with E-state index in [0.717, 1.165) is 11.6 Å². The lowest BCUT2D eigenvalue weighted by Gasteiger charge is -2.10. The molecule has 0 radical (unpaired) electrons. The number of hydrogen-bond donors (Lipinski definition) is 2. The van der Waals surface area contributed by atoms with Crippen LogP contribution in [0.5, 0.6) is 11.5 Å². The molecule has 0 aliphatic heterocycles. The zero-order chi connectivity index (χ0) is 18.5. The first-order chi connectivity index (χ1) is 12.5. The quantitative estimate of drug-likeness (QED) is 0.659. The van der Waals surface area contributed by atoms with Crippen molar-refractivity contribution < 1.29 is 13.9 Å². The molecule has 0 saturated carbocycles. The Balaban J connectivity index is 1.67. The molecule has 0 aliphatic carbocycles. The molecule has 0 spiro atoms. The van der Waals surface area contributed by atoms with Gasteiger partial charge in [0.05, 0.1) is 10.6 Å². The fourth-order valence-corrected chi connectivity index (χ4v) is 2.47. The van der Waals surface area contributed by atoms with Crippen molar-refractivity contribution in [2.45, 2.75) is 6.54 Å². The van der Waals surface area contributed by atoms with Crippen LogP contribution in [0.15, 0.2) is 60.7 Å². The molecule has 3 rings (SSSR count). The lowest BCUT2D eigenvalue weighted by Crippen LogP contribution is -2.24. The number of nitrogen functional groups attached to an aromatic ring is 1. The summed E-state index contributed by atoms with van der Waals surface area (Å²) in [5, 5.41) is 3.22. The third-order valence-electron chi connectivity index (χ3n) is 3.55. The van der Waals surface area contributed by atoms with Crippen LogP contribution in [-0.4, -0.2) is 10.9 Å². The van der Waals surface area contributed by atoms with Gasteiger partial charge < -0.3 is 15.8 Å². The van der Waals surface area contributed by atoms with E-state index in [-0.39, 0.29) is 17.9 Å². The van der Waals surface area contributed by atoms with E-state index in [0.29, 0.717) is 16.5 Å². The maximum absolute atomic E-state index is 13.0. The summed E-state index contributed by atoms with van der Waals surface area (Å²) < 4.78 is 18.7. The lowest BCUT2D eigenvalue weighted by atomic mass is 10.2. The van der Waals surface area contributed by atoms with Crippen LogP contribution in [0.4, 0.5) is 10.2 Å². The van der Waals surface area contributed by atoms with Gasteiger partial charge in [0.25, 0.3) is 5.91 Å². The van der Waals surface area contributed by atoms with Crippen molar-refractivity contribution in [1.82, 2.24) is 10.3 Å². The molecule has 0 unspecified atom stereocenters. The third kappa shape index (κ3) is 4.29. The van der Waals surface area contributed by atoms with E-state index < -0.39 is 11.9 Å². The first kappa shape index (κ1) is 17.7. The number of nitrogens with one attached hydrogen (secondary N) is 1. The number of nitrogens with two attached hydrogens (primary N) is 1. The molecule has 5 nitrogen and oxygen atoms in total. The van der Waals surface area contributed by atoms with E-state index >= 15 is 0 Å². The van der Waals surface area contributed by atoms with E-state index in [1.807, 2.05) is 24.3 Å². The Labute approximate surface area is 154 Å². The fraction of sp³-hybridized carbons (Fsp3) is 0.0526. The molecule has 0 atom stereocenters. The minimum absolute atomic E-state index is 0.120. The molecule has 132 valence electrons. The molecule has 2 aromatic carbocycles. The van der Waals surface area contributed by atoms with Crippen molar-refractivity contribution in [3.8, 4) is 11.5 Å². The van der Waals surface area contributed by atoms with Gasteiger partial charge in [0, 0.05) is 6.54 Å². The van der Waals surface area contributed by atoms with Gasteiger partial charge in [-0.3, -0.25) is 4.79 Å². The Kier molecular flexibility index (Phi) is 5.34. The van der Waals surface area contributed by atoms with Gasteiger partial charge in [0.2, 0.25) is 5.95 Å². The summed E-state index contributed by atoms with van der Waals surface area (Å²) in [4.78, 5) is 15.6. The van der Waals surface area contributed by atoms with Crippen LogP contribution < -0.4 is 15.8 Å². The second kappa shape index (κ2) is 7.84. The van der Waals surface area contributed by atoms with Crippen molar-refractivity contribution in [2.75, 3.05) is 5.73 Å². The number of anilines is 1. The summed E-state index contributed by atoms with van der Waals surface area (Å²) in [5.74, 6) is -0.192. The van der Waals surface area contributed by atoms with Gasteiger partial charge in [-0.15, -0.1) is 0 Å². The summed E-state index contributed by atoms with van der Waals surface area (Å²) in [6.45, 7) is 0.245. The second-order valence-corrected chi connectivity index (χ2v) is 5.84. The van der Waals surface area contributed by atoms with Crippen LogP contribution in [0.2, 0.25) is 5.02 Å². The van der Waals surface area contributed by atoms with Crippen LogP contribution in [0.25, 0.3) is 0 Å². The van der Waals surface area contributed by atoms with Gasteiger partial charge in [0.15, 0.2) is 0 Å². The monoisotopic (exact) mass is 371 g/mol. The second-order valence-electron chi connectivity index (χ2n) is 5.43. The normalized spacial score (nSPS) is 10.4. The number of pyridine rings is 1. The number of amides is 1. The molecular formula is C19H15ClFN3O2. The maximum Gasteiger partial charge on any atom is 0.255 e. The first-order valence-electron chi connectivity index (χ1n) is 7.74. The highest BCUT2D eigenvalue weighted by Gasteiger charge is 2.11.